The van der Waals surface area contributed by atoms with Crippen LogP contribution in [-0.4, -0.2) is 36.3 Å². The average Bonchev–Trinajstić information content (AvgIpc) is 3.11. The van der Waals surface area contributed by atoms with Gasteiger partial charge in [0.1, 0.15) is 0 Å². The van der Waals surface area contributed by atoms with Crippen molar-refractivity contribution in [1.82, 2.24) is 15.0 Å². The minimum atomic E-state index is -4.05. The number of aromatic nitrogens is 3. The first-order valence-electron chi connectivity index (χ1n) is 6.71. The summed E-state index contributed by atoms with van der Waals surface area (Å²) in [7, 11) is -7.71. The van der Waals surface area contributed by atoms with Crippen molar-refractivity contribution in [2.24, 2.45) is 0 Å². The molecule has 1 aromatic carbocycles. The molecule has 3 rings (SSSR count). The molecule has 0 spiro atoms. The van der Waals surface area contributed by atoms with E-state index < -0.39 is 20.1 Å². The third-order valence-corrected chi connectivity index (χ3v) is 5.99. The van der Waals surface area contributed by atoms with E-state index in [4.69, 9.17) is 10.3 Å². The van der Waals surface area contributed by atoms with E-state index in [2.05, 4.69) is 19.7 Å². The molecule has 4 N–H and O–H groups in total. The fourth-order valence-electron chi connectivity index (χ4n) is 1.52. The lowest BCUT2D eigenvalue weighted by Gasteiger charge is -2.05. The highest BCUT2D eigenvalue weighted by Crippen LogP contribution is 2.14. The van der Waals surface area contributed by atoms with Crippen LogP contribution < -0.4 is 10.5 Å². The molecule has 138 valence electrons. The SMILES string of the molecule is Nc1ccc(S(=O)(=O)Nc2ncccn2)cc1.O=S(=O)(O)c1nccs1. The molecule has 26 heavy (non-hydrogen) atoms. The monoisotopic (exact) mass is 415 g/mol. The fraction of sp³-hybridized carbons (Fsp3) is 0. The summed E-state index contributed by atoms with van der Waals surface area (Å²) in [5, 5.41) is 1.48. The van der Waals surface area contributed by atoms with Gasteiger partial charge in [0.2, 0.25) is 10.3 Å². The van der Waals surface area contributed by atoms with Crippen molar-refractivity contribution in [2.75, 3.05) is 10.5 Å². The van der Waals surface area contributed by atoms with Crippen LogP contribution in [0, 0.1) is 0 Å². The number of nitrogens with one attached hydrogen (secondary N) is 1. The van der Waals surface area contributed by atoms with Crippen molar-refractivity contribution in [1.29, 1.82) is 0 Å². The van der Waals surface area contributed by atoms with Crippen LogP contribution in [0.4, 0.5) is 11.6 Å². The van der Waals surface area contributed by atoms with Crippen molar-refractivity contribution in [3.05, 3.63) is 54.3 Å². The van der Waals surface area contributed by atoms with Gasteiger partial charge < -0.3 is 5.73 Å². The molecule has 13 heteroatoms. The molecule has 0 unspecified atom stereocenters. The van der Waals surface area contributed by atoms with Crippen molar-refractivity contribution in [3.8, 4) is 0 Å². The molecule has 0 atom stereocenters. The summed E-state index contributed by atoms with van der Waals surface area (Å²) in [6, 6.07) is 7.46. The first-order chi connectivity index (χ1) is 12.2. The van der Waals surface area contributed by atoms with Gasteiger partial charge in [-0.25, -0.2) is 28.1 Å². The maximum Gasteiger partial charge on any atom is 0.322 e. The predicted octanol–water partition coefficient (Wildman–Crippen LogP) is 1.25. The molecule has 3 aromatic rings. The molecule has 0 saturated carbocycles. The minimum absolute atomic E-state index is 0.0318. The van der Waals surface area contributed by atoms with Crippen molar-refractivity contribution >= 4 is 43.1 Å². The lowest BCUT2D eigenvalue weighted by molar-refractivity contribution is 0.482. The quantitative estimate of drug-likeness (QED) is 0.420. The minimum Gasteiger partial charge on any atom is -0.399 e. The molecule has 0 aliphatic rings. The fourth-order valence-corrected chi connectivity index (χ4v) is 3.68. The standard InChI is InChI=1S/C10H10N4O2S.C3H3NO3S2/c11-8-2-4-9(5-3-8)17(15,16)14-10-12-6-1-7-13-10;5-9(6,7)3-4-1-2-8-3/h1-7H,11H2,(H,12,13,14);1-2H,(H,5,6,7). The van der Waals surface area contributed by atoms with Crippen LogP contribution in [0.15, 0.2) is 63.5 Å². The van der Waals surface area contributed by atoms with E-state index in [1.807, 2.05) is 0 Å². The van der Waals surface area contributed by atoms with Crippen LogP contribution in [0.2, 0.25) is 0 Å². The lowest BCUT2D eigenvalue weighted by atomic mass is 10.3. The van der Waals surface area contributed by atoms with Gasteiger partial charge in [-0.15, -0.1) is 11.3 Å². The molecular formula is C13H13N5O5S3. The Morgan fingerprint density at radius 3 is 2.04 bits per heavy atom. The normalized spacial score (nSPS) is 11.3. The second kappa shape index (κ2) is 8.18. The zero-order valence-corrected chi connectivity index (χ0v) is 15.4. The van der Waals surface area contributed by atoms with E-state index >= 15 is 0 Å². The van der Waals surface area contributed by atoms with E-state index in [0.29, 0.717) is 5.69 Å². The van der Waals surface area contributed by atoms with Crippen molar-refractivity contribution in [2.45, 2.75) is 9.24 Å². The third kappa shape index (κ3) is 5.73. The van der Waals surface area contributed by atoms with Gasteiger partial charge in [-0.1, -0.05) is 0 Å². The summed E-state index contributed by atoms with van der Waals surface area (Å²) in [4.78, 5) is 11.0. The smallest absolute Gasteiger partial charge is 0.322 e. The molecule has 0 bridgehead atoms. The summed E-state index contributed by atoms with van der Waals surface area (Å²) in [5.41, 5.74) is 5.98. The number of nitrogens with zero attached hydrogens (tertiary/aromatic N) is 3. The van der Waals surface area contributed by atoms with E-state index in [-0.39, 0.29) is 15.2 Å². The number of nitrogen functional groups attached to an aromatic ring is 1. The number of nitrogens with two attached hydrogens (primary N) is 1. The number of hydrogen-bond acceptors (Lipinski definition) is 9. The van der Waals surface area contributed by atoms with Crippen molar-refractivity contribution in [3.63, 3.8) is 0 Å². The van der Waals surface area contributed by atoms with Gasteiger partial charge in [-0.3, -0.25) is 4.55 Å². The van der Waals surface area contributed by atoms with E-state index in [1.54, 1.807) is 6.07 Å². The molecule has 2 aromatic heterocycles. The Kier molecular flexibility index (Phi) is 6.20. The first kappa shape index (κ1) is 19.7. The van der Waals surface area contributed by atoms with Gasteiger partial charge in [-0.2, -0.15) is 8.42 Å². The Morgan fingerprint density at radius 1 is 0.962 bits per heavy atom. The van der Waals surface area contributed by atoms with Gasteiger partial charge in [-0.05, 0) is 30.3 Å². The average molecular weight is 415 g/mol. The van der Waals surface area contributed by atoms with Crippen LogP contribution in [-0.2, 0) is 20.1 Å². The van der Waals surface area contributed by atoms with Gasteiger partial charge in [0, 0.05) is 29.7 Å². The highest BCUT2D eigenvalue weighted by atomic mass is 32.3. The number of sulfonamides is 1. The molecule has 0 aliphatic heterocycles. The topological polar surface area (TPSA) is 165 Å². The molecule has 0 aliphatic carbocycles. The zero-order chi connectivity index (χ0) is 19.2. The first-order valence-corrected chi connectivity index (χ1v) is 10.5. The molecule has 0 amide bonds. The van der Waals surface area contributed by atoms with Crippen LogP contribution >= 0.6 is 11.3 Å². The highest BCUT2D eigenvalue weighted by Gasteiger charge is 2.14. The van der Waals surface area contributed by atoms with E-state index in [0.717, 1.165) is 11.3 Å². The summed E-state index contributed by atoms with van der Waals surface area (Å²) >= 11 is 0.881. The van der Waals surface area contributed by atoms with Gasteiger partial charge in [0.05, 0.1) is 4.90 Å². The molecule has 2 heterocycles. The van der Waals surface area contributed by atoms with Crippen molar-refractivity contribution < 1.29 is 21.4 Å². The number of hydrogen-bond donors (Lipinski definition) is 3. The lowest BCUT2D eigenvalue weighted by Crippen LogP contribution is -2.14. The number of rotatable bonds is 4. The van der Waals surface area contributed by atoms with Gasteiger partial charge in [0.15, 0.2) is 0 Å². The summed E-state index contributed by atoms with van der Waals surface area (Å²) in [6.45, 7) is 0. The van der Waals surface area contributed by atoms with Crippen LogP contribution in [0.5, 0.6) is 0 Å². The number of thiazole rings is 1. The maximum atomic E-state index is 11.9. The summed E-state index contributed by atoms with van der Waals surface area (Å²) in [5.74, 6) is 0.0318. The number of anilines is 2. The molecule has 0 saturated heterocycles. The maximum absolute atomic E-state index is 11.9. The molecule has 0 fully saturated rings. The predicted molar refractivity (Wildman–Crippen MR) is 95.6 cm³/mol. The third-order valence-electron chi connectivity index (χ3n) is 2.61. The van der Waals surface area contributed by atoms with E-state index in [1.165, 1.54) is 48.2 Å². The van der Waals surface area contributed by atoms with Crippen LogP contribution in [0.1, 0.15) is 0 Å². The number of benzene rings is 1. The van der Waals surface area contributed by atoms with Crippen LogP contribution in [0.3, 0.4) is 0 Å². The van der Waals surface area contributed by atoms with Gasteiger partial charge >= 0.3 is 10.1 Å². The highest BCUT2D eigenvalue weighted by molar-refractivity contribution is 7.92. The molecule has 0 radical (unpaired) electrons. The Balaban J connectivity index is 0.000000228. The summed E-state index contributed by atoms with van der Waals surface area (Å²) in [6.07, 6.45) is 4.22. The Hall–Kier alpha value is -2.61. The largest absolute Gasteiger partial charge is 0.399 e. The summed E-state index contributed by atoms with van der Waals surface area (Å²) < 4.78 is 54.5. The second-order valence-electron chi connectivity index (χ2n) is 4.52. The van der Waals surface area contributed by atoms with E-state index in [9.17, 15) is 16.8 Å². The second-order valence-corrected chi connectivity index (χ2v) is 8.69. The Bertz CT molecular complexity index is 1040. The Labute approximate surface area is 153 Å². The zero-order valence-electron chi connectivity index (χ0n) is 12.9. The molecular weight excluding hydrogens is 402 g/mol. The Morgan fingerprint density at radius 2 is 1.58 bits per heavy atom. The molecule has 10 nitrogen and oxygen atoms in total. The van der Waals surface area contributed by atoms with Gasteiger partial charge in [0.25, 0.3) is 10.0 Å². The van der Waals surface area contributed by atoms with Crippen LogP contribution in [0.25, 0.3) is 0 Å².